The number of sulfone groups is 1. The number of hydrogen-bond donors (Lipinski definition) is 1. The van der Waals surface area contributed by atoms with Crippen LogP contribution in [-0.2, 0) is 14.6 Å². The topological polar surface area (TPSA) is 127 Å². The maximum absolute atomic E-state index is 12.7. The Hall–Kier alpha value is -3.01. The third-order valence-electron chi connectivity index (χ3n) is 4.61. The Balaban J connectivity index is 0.00000240. The fourth-order valence-corrected chi connectivity index (χ4v) is 3.82. The largest absolute Gasteiger partial charge is 0.383 e. The second-order valence-corrected chi connectivity index (χ2v) is 9.08. The lowest BCUT2D eigenvalue weighted by Gasteiger charge is -2.23. The summed E-state index contributed by atoms with van der Waals surface area (Å²) in [5.74, 6) is -0.410. The van der Waals surface area contributed by atoms with Crippen molar-refractivity contribution in [1.82, 2.24) is 14.9 Å². The molecule has 1 amide bonds. The number of hydrogen-bond acceptors (Lipinski definition) is 8. The lowest BCUT2D eigenvalue weighted by Crippen LogP contribution is -2.38. The van der Waals surface area contributed by atoms with Crippen molar-refractivity contribution >= 4 is 33.2 Å². The number of nitrogens with zero attached hydrogens (tertiary/aromatic N) is 4. The molecule has 3 heterocycles. The van der Waals surface area contributed by atoms with Gasteiger partial charge in [0.15, 0.2) is 9.84 Å². The van der Waals surface area contributed by atoms with E-state index in [9.17, 15) is 18.0 Å². The summed E-state index contributed by atoms with van der Waals surface area (Å²) >= 11 is 0. The molecule has 29 heavy (non-hydrogen) atoms. The van der Waals surface area contributed by atoms with E-state index in [4.69, 9.17) is 5.73 Å². The fourth-order valence-electron chi connectivity index (χ4n) is 3.18. The van der Waals surface area contributed by atoms with Gasteiger partial charge in [-0.05, 0) is 30.7 Å². The van der Waals surface area contributed by atoms with Crippen molar-refractivity contribution in [2.24, 2.45) is 0 Å². The zero-order valence-corrected chi connectivity index (χ0v) is 16.9. The van der Waals surface area contributed by atoms with Gasteiger partial charge < -0.3 is 15.5 Å². The van der Waals surface area contributed by atoms with Crippen LogP contribution >= 0.6 is 0 Å². The maximum atomic E-state index is 12.7. The van der Waals surface area contributed by atoms with Crippen LogP contribution in [0.3, 0.4) is 0 Å². The zero-order valence-electron chi connectivity index (χ0n) is 16.1. The minimum Gasteiger partial charge on any atom is -0.383 e. The minimum atomic E-state index is -3.37. The Bertz CT molecular complexity index is 1040. The van der Waals surface area contributed by atoms with E-state index >= 15 is 0 Å². The Morgan fingerprint density at radius 2 is 1.93 bits per heavy atom. The SMILES string of the molecule is CS(=O)(=O)CC(=O)N1CCCN(c2cccc(C(=O)c3cccnc3N)n2)CC1.[HH].[HH]. The van der Waals surface area contributed by atoms with Crippen molar-refractivity contribution in [2.45, 2.75) is 6.42 Å². The van der Waals surface area contributed by atoms with Gasteiger partial charge in [-0.25, -0.2) is 18.4 Å². The van der Waals surface area contributed by atoms with E-state index in [0.717, 1.165) is 6.26 Å². The van der Waals surface area contributed by atoms with E-state index in [-0.39, 0.29) is 20.1 Å². The van der Waals surface area contributed by atoms with Gasteiger partial charge in [0.1, 0.15) is 23.1 Å². The number of nitrogens with two attached hydrogens (primary N) is 1. The first-order valence-corrected chi connectivity index (χ1v) is 11.2. The molecule has 0 radical (unpaired) electrons. The summed E-state index contributed by atoms with van der Waals surface area (Å²) in [6, 6.07) is 8.43. The van der Waals surface area contributed by atoms with E-state index < -0.39 is 21.5 Å². The predicted octanol–water partition coefficient (Wildman–Crippen LogP) is 0.865. The first-order valence-electron chi connectivity index (χ1n) is 9.17. The van der Waals surface area contributed by atoms with Crippen molar-refractivity contribution in [2.75, 3.05) is 48.8 Å². The van der Waals surface area contributed by atoms with Crippen LogP contribution in [0, 0.1) is 0 Å². The summed E-state index contributed by atoms with van der Waals surface area (Å²) in [6.07, 6.45) is 3.24. The van der Waals surface area contributed by atoms with Gasteiger partial charge in [-0.3, -0.25) is 9.59 Å². The average molecular weight is 422 g/mol. The normalized spacial score (nSPS) is 15.1. The smallest absolute Gasteiger partial charge is 0.237 e. The second kappa shape index (κ2) is 8.56. The minimum absolute atomic E-state index is 0. The lowest BCUT2D eigenvalue weighted by molar-refractivity contribution is -0.128. The molecule has 2 aromatic rings. The molecule has 0 atom stereocenters. The molecule has 1 fully saturated rings. The van der Waals surface area contributed by atoms with Crippen molar-refractivity contribution in [3.05, 3.63) is 47.8 Å². The van der Waals surface area contributed by atoms with Crippen LogP contribution in [-0.4, -0.2) is 73.2 Å². The van der Waals surface area contributed by atoms with Crippen LogP contribution in [0.1, 0.15) is 25.3 Å². The molecule has 0 unspecified atom stereocenters. The zero-order chi connectivity index (χ0) is 21.0. The molecular weight excluding hydrogens is 394 g/mol. The molecule has 2 N–H and O–H groups in total. The second-order valence-electron chi connectivity index (χ2n) is 6.94. The Labute approximate surface area is 172 Å². The molecule has 0 saturated carbocycles. The summed E-state index contributed by atoms with van der Waals surface area (Å²) in [7, 11) is -3.37. The van der Waals surface area contributed by atoms with Crippen LogP contribution in [0.25, 0.3) is 0 Å². The summed E-state index contributed by atoms with van der Waals surface area (Å²) in [5.41, 5.74) is 6.35. The summed E-state index contributed by atoms with van der Waals surface area (Å²) in [6.45, 7) is 2.01. The monoisotopic (exact) mass is 421 g/mol. The highest BCUT2D eigenvalue weighted by Gasteiger charge is 2.23. The van der Waals surface area contributed by atoms with Gasteiger partial charge in [0.05, 0.1) is 5.56 Å². The Morgan fingerprint density at radius 1 is 1.14 bits per heavy atom. The molecule has 158 valence electrons. The molecule has 0 aliphatic carbocycles. The molecule has 1 aliphatic heterocycles. The van der Waals surface area contributed by atoms with Gasteiger partial charge in [-0.1, -0.05) is 6.07 Å². The Kier molecular flexibility index (Phi) is 6.12. The maximum Gasteiger partial charge on any atom is 0.237 e. The third-order valence-corrected chi connectivity index (χ3v) is 5.38. The van der Waals surface area contributed by atoms with Crippen LogP contribution in [0.4, 0.5) is 11.6 Å². The van der Waals surface area contributed by atoms with Crippen molar-refractivity contribution < 1.29 is 20.9 Å². The van der Waals surface area contributed by atoms with E-state index in [1.54, 1.807) is 35.2 Å². The standard InChI is InChI=1S/C19H23N5O4S.2H2/c1-29(27,28)13-17(25)24-10-4-9-23(11-12-24)16-7-2-6-15(22-16)18(26)14-5-3-8-21-19(14)20;;/h2-3,5-8H,4,9-13H2,1H3,(H2,20,21);2*1H. The van der Waals surface area contributed by atoms with Gasteiger partial charge in [0.25, 0.3) is 0 Å². The third kappa shape index (κ3) is 5.29. The number of carbonyl (C=O) groups excluding carboxylic acids is 2. The molecule has 3 rings (SSSR count). The van der Waals surface area contributed by atoms with E-state index in [1.165, 1.54) is 6.20 Å². The van der Waals surface area contributed by atoms with E-state index in [2.05, 4.69) is 9.97 Å². The van der Waals surface area contributed by atoms with Crippen molar-refractivity contribution in [1.29, 1.82) is 0 Å². The number of aromatic nitrogens is 2. The first kappa shape index (κ1) is 20.7. The number of carbonyl (C=O) groups is 2. The highest BCUT2D eigenvalue weighted by Crippen LogP contribution is 2.18. The number of nitrogen functional groups attached to an aromatic ring is 1. The van der Waals surface area contributed by atoms with Gasteiger partial charge >= 0.3 is 0 Å². The fraction of sp³-hybridized carbons (Fsp3) is 0.368. The molecule has 2 aromatic heterocycles. The summed E-state index contributed by atoms with van der Waals surface area (Å²) < 4.78 is 22.8. The molecular formula is C19H27N5O4S. The molecule has 1 saturated heterocycles. The van der Waals surface area contributed by atoms with Crippen LogP contribution in [0.2, 0.25) is 0 Å². The lowest BCUT2D eigenvalue weighted by atomic mass is 10.1. The first-order chi connectivity index (χ1) is 13.7. The Morgan fingerprint density at radius 3 is 2.66 bits per heavy atom. The number of pyridine rings is 2. The number of ketones is 1. The number of rotatable bonds is 5. The molecule has 0 spiro atoms. The summed E-state index contributed by atoms with van der Waals surface area (Å²) in [4.78, 5) is 36.9. The number of anilines is 2. The van der Waals surface area contributed by atoms with Crippen molar-refractivity contribution in [3.8, 4) is 0 Å². The summed E-state index contributed by atoms with van der Waals surface area (Å²) in [5, 5.41) is 0. The highest BCUT2D eigenvalue weighted by atomic mass is 32.2. The predicted molar refractivity (Wildman–Crippen MR) is 114 cm³/mol. The van der Waals surface area contributed by atoms with E-state index in [0.29, 0.717) is 44.0 Å². The highest BCUT2D eigenvalue weighted by molar-refractivity contribution is 7.91. The average Bonchev–Trinajstić information content (AvgIpc) is 2.93. The van der Waals surface area contributed by atoms with Gasteiger partial charge in [0.2, 0.25) is 11.7 Å². The van der Waals surface area contributed by atoms with Crippen molar-refractivity contribution in [3.63, 3.8) is 0 Å². The van der Waals surface area contributed by atoms with E-state index in [1.807, 2.05) is 4.90 Å². The quantitative estimate of drug-likeness (QED) is 0.705. The van der Waals surface area contributed by atoms with Crippen LogP contribution < -0.4 is 10.6 Å². The molecule has 0 aromatic carbocycles. The van der Waals surface area contributed by atoms with Gasteiger partial charge in [0, 0.05) is 41.5 Å². The van der Waals surface area contributed by atoms with Crippen LogP contribution in [0.15, 0.2) is 36.5 Å². The molecule has 1 aliphatic rings. The van der Waals surface area contributed by atoms with Gasteiger partial charge in [-0.15, -0.1) is 0 Å². The van der Waals surface area contributed by atoms with Crippen LogP contribution in [0.5, 0.6) is 0 Å². The molecule has 10 heteroatoms. The van der Waals surface area contributed by atoms with Gasteiger partial charge in [-0.2, -0.15) is 0 Å². The molecule has 9 nitrogen and oxygen atoms in total. The number of amides is 1. The molecule has 0 bridgehead atoms.